The number of hydrogen-bond donors (Lipinski definition) is 3. The normalized spacial score (nSPS) is 10.7. The summed E-state index contributed by atoms with van der Waals surface area (Å²) in [6.45, 7) is -0.567. The number of benzene rings is 3. The van der Waals surface area contributed by atoms with Gasteiger partial charge in [0.15, 0.2) is 6.61 Å². The Hall–Kier alpha value is -4.17. The van der Waals surface area contributed by atoms with E-state index >= 15 is 0 Å². The summed E-state index contributed by atoms with van der Waals surface area (Å²) in [5, 5.41) is 11.6. The first-order valence-corrected chi connectivity index (χ1v) is 9.83. The second-order valence-corrected chi connectivity index (χ2v) is 7.21. The van der Waals surface area contributed by atoms with Gasteiger partial charge in [-0.15, -0.1) is 0 Å². The molecule has 0 aliphatic carbocycles. The third-order valence-corrected chi connectivity index (χ3v) is 4.92. The van der Waals surface area contributed by atoms with Crippen LogP contribution in [0.3, 0.4) is 0 Å². The van der Waals surface area contributed by atoms with Gasteiger partial charge in [0.1, 0.15) is 5.82 Å². The summed E-state index contributed by atoms with van der Waals surface area (Å²) in [7, 11) is 0. The van der Waals surface area contributed by atoms with Crippen molar-refractivity contribution in [2.75, 3.05) is 11.9 Å². The third-order valence-electron chi connectivity index (χ3n) is 4.59. The van der Waals surface area contributed by atoms with Crippen molar-refractivity contribution in [3.05, 3.63) is 82.9 Å². The Morgan fingerprint density at radius 2 is 1.75 bits per heavy atom. The predicted octanol–water partition coefficient (Wildman–Crippen LogP) is 4.38. The third kappa shape index (κ3) is 4.60. The van der Waals surface area contributed by atoms with Gasteiger partial charge in [0.05, 0.1) is 32.9 Å². The number of rotatable bonds is 6. The smallest absolute Gasteiger partial charge is 0.338 e. The molecule has 0 unspecified atom stereocenters. The highest BCUT2D eigenvalue weighted by Gasteiger charge is 2.15. The Morgan fingerprint density at radius 3 is 2.50 bits per heavy atom. The lowest BCUT2D eigenvalue weighted by Crippen LogP contribution is -2.21. The minimum atomic E-state index is -1.16. The van der Waals surface area contributed by atoms with E-state index in [0.29, 0.717) is 16.9 Å². The Morgan fingerprint density at radius 1 is 1.00 bits per heavy atom. The number of hydrogen-bond acceptors (Lipinski definition) is 5. The fraction of sp³-hybridized carbons (Fsp3) is 0.0435. The molecule has 0 bridgehead atoms. The van der Waals surface area contributed by atoms with Crippen LogP contribution in [0.1, 0.15) is 20.7 Å². The molecule has 0 radical (unpaired) electrons. The fourth-order valence-electron chi connectivity index (χ4n) is 3.02. The number of nitrogens with zero attached hydrogens (tertiary/aromatic N) is 1. The first-order valence-electron chi connectivity index (χ1n) is 9.46. The number of carbonyl (C=O) groups is 3. The number of carboxylic acids is 1. The zero-order valence-corrected chi connectivity index (χ0v) is 17.2. The molecule has 0 saturated carbocycles. The van der Waals surface area contributed by atoms with Gasteiger partial charge >= 0.3 is 11.9 Å². The number of H-pyrrole nitrogens is 1. The van der Waals surface area contributed by atoms with Crippen LogP contribution >= 0.6 is 11.6 Å². The Labute approximate surface area is 186 Å². The monoisotopic (exact) mass is 449 g/mol. The van der Waals surface area contributed by atoms with Crippen molar-refractivity contribution in [1.82, 2.24) is 9.97 Å². The topological polar surface area (TPSA) is 121 Å². The molecular formula is C23H16ClN3O5. The van der Waals surface area contributed by atoms with Crippen LogP contribution in [0.2, 0.25) is 5.02 Å². The van der Waals surface area contributed by atoms with E-state index in [9.17, 15) is 14.4 Å². The second-order valence-electron chi connectivity index (χ2n) is 6.81. The highest BCUT2D eigenvalue weighted by atomic mass is 35.5. The molecule has 3 N–H and O–H groups in total. The first-order chi connectivity index (χ1) is 15.4. The van der Waals surface area contributed by atoms with Gasteiger partial charge in [0.2, 0.25) is 0 Å². The molecule has 32 heavy (non-hydrogen) atoms. The number of ether oxygens (including phenoxy) is 1. The molecule has 4 rings (SSSR count). The molecular weight excluding hydrogens is 434 g/mol. The van der Waals surface area contributed by atoms with Crippen molar-refractivity contribution >= 4 is 46.2 Å². The first kappa shape index (κ1) is 21.1. The van der Waals surface area contributed by atoms with Gasteiger partial charge < -0.3 is 20.1 Å². The number of fused-ring (bicyclic) bond motifs is 1. The Kier molecular flexibility index (Phi) is 5.87. The summed E-state index contributed by atoms with van der Waals surface area (Å²) < 4.78 is 5.08. The van der Waals surface area contributed by atoms with Gasteiger partial charge in [-0.1, -0.05) is 41.9 Å². The van der Waals surface area contributed by atoms with Crippen LogP contribution in [0.15, 0.2) is 66.7 Å². The summed E-state index contributed by atoms with van der Waals surface area (Å²) in [4.78, 5) is 43.3. The van der Waals surface area contributed by atoms with Gasteiger partial charge in [0.25, 0.3) is 5.91 Å². The Bertz CT molecular complexity index is 1330. The van der Waals surface area contributed by atoms with E-state index < -0.39 is 24.5 Å². The van der Waals surface area contributed by atoms with Crippen LogP contribution in [0.5, 0.6) is 0 Å². The molecule has 0 saturated heterocycles. The number of nitrogens with one attached hydrogen (secondary N) is 2. The molecule has 1 aromatic heterocycles. The lowest BCUT2D eigenvalue weighted by molar-refractivity contribution is -0.119. The summed E-state index contributed by atoms with van der Waals surface area (Å²) in [5.41, 5.74) is 2.57. The minimum Gasteiger partial charge on any atom is -0.478 e. The molecule has 1 amide bonds. The molecule has 4 aromatic rings. The molecule has 9 heteroatoms. The Balaban J connectivity index is 1.42. The van der Waals surface area contributed by atoms with Crippen molar-refractivity contribution in [1.29, 1.82) is 0 Å². The van der Waals surface area contributed by atoms with Crippen molar-refractivity contribution in [2.24, 2.45) is 0 Å². The van der Waals surface area contributed by atoms with Crippen LogP contribution < -0.4 is 5.32 Å². The summed E-state index contributed by atoms with van der Waals surface area (Å²) in [5.74, 6) is -1.83. The minimum absolute atomic E-state index is 0.0376. The van der Waals surface area contributed by atoms with Gasteiger partial charge in [-0.3, -0.25) is 4.79 Å². The number of anilines is 1. The largest absolute Gasteiger partial charge is 0.478 e. The number of imidazole rings is 1. The number of amides is 1. The van der Waals surface area contributed by atoms with Gasteiger partial charge in [-0.05, 0) is 36.4 Å². The number of aromatic amines is 1. The van der Waals surface area contributed by atoms with Gasteiger partial charge in [-0.2, -0.15) is 0 Å². The van der Waals surface area contributed by atoms with E-state index in [-0.39, 0.29) is 21.8 Å². The predicted molar refractivity (Wildman–Crippen MR) is 119 cm³/mol. The van der Waals surface area contributed by atoms with E-state index in [2.05, 4.69) is 15.3 Å². The quantitative estimate of drug-likeness (QED) is 0.375. The van der Waals surface area contributed by atoms with Crippen LogP contribution in [-0.4, -0.2) is 39.5 Å². The van der Waals surface area contributed by atoms with E-state index in [1.165, 1.54) is 18.2 Å². The molecule has 0 aliphatic rings. The zero-order chi connectivity index (χ0) is 22.7. The SMILES string of the molecule is O=C(COC(=O)c1ccc2nc(-c3ccccc3)[nH]c2c1)Nc1cc(C(=O)O)ccc1Cl. The van der Waals surface area contributed by atoms with Gasteiger partial charge in [0, 0.05) is 5.56 Å². The molecule has 160 valence electrons. The van der Waals surface area contributed by atoms with Crippen molar-refractivity contribution in [3.63, 3.8) is 0 Å². The average Bonchev–Trinajstić information content (AvgIpc) is 3.23. The molecule has 0 atom stereocenters. The molecule has 0 aliphatic heterocycles. The van der Waals surface area contributed by atoms with Crippen LogP contribution in [0.4, 0.5) is 5.69 Å². The van der Waals surface area contributed by atoms with E-state index in [0.717, 1.165) is 5.56 Å². The molecule has 0 fully saturated rings. The maximum atomic E-state index is 12.4. The summed E-state index contributed by atoms with van der Waals surface area (Å²) in [6.07, 6.45) is 0. The number of aromatic nitrogens is 2. The standard InChI is InChI=1S/C23H16ClN3O5/c24-16-8-6-14(22(29)30)10-18(16)25-20(28)12-32-23(31)15-7-9-17-19(11-15)27-21(26-17)13-4-2-1-3-5-13/h1-11H,12H2,(H,25,28)(H,26,27)(H,29,30). The zero-order valence-electron chi connectivity index (χ0n) is 16.5. The van der Waals surface area contributed by atoms with Crippen molar-refractivity contribution in [2.45, 2.75) is 0 Å². The van der Waals surface area contributed by atoms with Crippen LogP contribution in [0, 0.1) is 0 Å². The van der Waals surface area contributed by atoms with E-state index in [1.54, 1.807) is 18.2 Å². The summed E-state index contributed by atoms with van der Waals surface area (Å²) in [6, 6.07) is 18.3. The number of carbonyl (C=O) groups excluding carboxylic acids is 2. The molecule has 0 spiro atoms. The fourth-order valence-corrected chi connectivity index (χ4v) is 3.19. The van der Waals surface area contributed by atoms with Crippen molar-refractivity contribution < 1.29 is 24.2 Å². The maximum Gasteiger partial charge on any atom is 0.338 e. The number of carboxylic acid groups (broad SMARTS) is 1. The lowest BCUT2D eigenvalue weighted by Gasteiger charge is -2.09. The molecule has 3 aromatic carbocycles. The lowest BCUT2D eigenvalue weighted by atomic mass is 10.2. The number of halogens is 1. The van der Waals surface area contributed by atoms with Crippen LogP contribution in [0.25, 0.3) is 22.4 Å². The van der Waals surface area contributed by atoms with Crippen molar-refractivity contribution in [3.8, 4) is 11.4 Å². The number of aromatic carboxylic acids is 1. The highest BCUT2D eigenvalue weighted by Crippen LogP contribution is 2.24. The second kappa shape index (κ2) is 8.91. The summed E-state index contributed by atoms with van der Waals surface area (Å²) >= 11 is 5.98. The van der Waals surface area contributed by atoms with E-state index in [4.69, 9.17) is 21.4 Å². The van der Waals surface area contributed by atoms with Gasteiger partial charge in [-0.25, -0.2) is 14.6 Å². The van der Waals surface area contributed by atoms with E-state index in [1.807, 2.05) is 30.3 Å². The molecule has 1 heterocycles. The highest BCUT2D eigenvalue weighted by molar-refractivity contribution is 6.33. The average molecular weight is 450 g/mol. The molecule has 8 nitrogen and oxygen atoms in total. The van der Waals surface area contributed by atoms with Crippen LogP contribution in [-0.2, 0) is 9.53 Å². The number of esters is 1. The maximum absolute atomic E-state index is 12.4.